The second kappa shape index (κ2) is 5.23. The lowest BCUT2D eigenvalue weighted by atomic mass is 10.3. The summed E-state index contributed by atoms with van der Waals surface area (Å²) in [7, 11) is 0. The second-order valence-electron chi connectivity index (χ2n) is 3.16. The van der Waals surface area contributed by atoms with Gasteiger partial charge in [0.05, 0.1) is 0 Å². The van der Waals surface area contributed by atoms with Gasteiger partial charge in [-0.05, 0) is 28.1 Å². The van der Waals surface area contributed by atoms with Gasteiger partial charge in [-0.15, -0.1) is 0 Å². The molecule has 1 heterocycles. The van der Waals surface area contributed by atoms with Crippen LogP contribution < -0.4 is 16.0 Å². The van der Waals surface area contributed by atoms with Gasteiger partial charge in [-0.3, -0.25) is 0 Å². The number of rotatable bonds is 3. The quantitative estimate of drug-likeness (QED) is 0.672. The summed E-state index contributed by atoms with van der Waals surface area (Å²) in [6.07, 6.45) is 1.17. The average molecular weight is 317 g/mol. The smallest absolute Gasteiger partial charge is 0.239 e. The predicted molar refractivity (Wildman–Crippen MR) is 64.0 cm³/mol. The number of hydrazine groups is 1. The molecule has 1 aromatic heterocycles. The highest BCUT2D eigenvalue weighted by atomic mass is 79.9. The fourth-order valence-corrected chi connectivity index (χ4v) is 1.59. The van der Waals surface area contributed by atoms with Gasteiger partial charge in [0.15, 0.2) is 17.4 Å². The van der Waals surface area contributed by atoms with Crippen molar-refractivity contribution in [1.82, 2.24) is 9.97 Å². The Kier molecular flexibility index (Phi) is 3.68. The molecule has 0 spiro atoms. The summed E-state index contributed by atoms with van der Waals surface area (Å²) in [5, 5.41) is 0. The summed E-state index contributed by atoms with van der Waals surface area (Å²) < 4.78 is 31.8. The summed E-state index contributed by atoms with van der Waals surface area (Å²) in [6, 6.07) is 2.87. The molecule has 2 rings (SSSR count). The van der Waals surface area contributed by atoms with E-state index in [1.165, 1.54) is 6.33 Å². The first-order valence-corrected chi connectivity index (χ1v) is 5.51. The van der Waals surface area contributed by atoms with Crippen molar-refractivity contribution in [2.75, 3.05) is 5.43 Å². The van der Waals surface area contributed by atoms with Crippen LogP contribution in [0.1, 0.15) is 0 Å². The van der Waals surface area contributed by atoms with Gasteiger partial charge in [0.25, 0.3) is 0 Å². The Morgan fingerprint density at radius 3 is 2.78 bits per heavy atom. The van der Waals surface area contributed by atoms with E-state index in [0.717, 1.165) is 18.2 Å². The van der Waals surface area contributed by atoms with Gasteiger partial charge in [-0.2, -0.15) is 0 Å². The van der Waals surface area contributed by atoms with E-state index in [1.54, 1.807) is 0 Å². The molecule has 0 atom stereocenters. The van der Waals surface area contributed by atoms with Crippen molar-refractivity contribution in [2.45, 2.75) is 0 Å². The van der Waals surface area contributed by atoms with Crippen LogP contribution in [-0.4, -0.2) is 9.97 Å². The van der Waals surface area contributed by atoms with E-state index < -0.39 is 11.6 Å². The summed E-state index contributed by atoms with van der Waals surface area (Å²) in [4.78, 5) is 7.59. The Morgan fingerprint density at radius 2 is 2.06 bits per heavy atom. The maximum atomic E-state index is 13.4. The molecule has 0 aliphatic carbocycles. The Hall–Kier alpha value is -1.80. The molecule has 0 radical (unpaired) electrons. The Balaban J connectivity index is 2.37. The zero-order valence-corrected chi connectivity index (χ0v) is 10.4. The van der Waals surface area contributed by atoms with Gasteiger partial charge in [0.2, 0.25) is 5.88 Å². The van der Waals surface area contributed by atoms with Crippen molar-refractivity contribution < 1.29 is 13.5 Å². The Morgan fingerprint density at radius 1 is 1.28 bits per heavy atom. The minimum absolute atomic E-state index is 0.0162. The Labute approximate surface area is 109 Å². The third-order valence-corrected chi connectivity index (χ3v) is 2.71. The maximum Gasteiger partial charge on any atom is 0.239 e. The number of nitrogens with zero attached hydrogens (tertiary/aromatic N) is 2. The van der Waals surface area contributed by atoms with Crippen LogP contribution in [0.2, 0.25) is 0 Å². The standard InChI is InChI=1S/C10H7BrF2N4O/c11-8-9(17-14)15-4-16-10(8)18-7-3-5(12)1-2-6(7)13/h1-4H,14H2,(H,15,16,17). The fraction of sp³-hybridized carbons (Fsp3) is 0. The molecule has 94 valence electrons. The third-order valence-electron chi connectivity index (χ3n) is 1.99. The number of benzene rings is 1. The van der Waals surface area contributed by atoms with Crippen LogP contribution in [0.3, 0.4) is 0 Å². The van der Waals surface area contributed by atoms with Crippen molar-refractivity contribution in [3.63, 3.8) is 0 Å². The predicted octanol–water partition coefficient (Wildman–Crippen LogP) is 2.60. The number of aromatic nitrogens is 2. The number of nitrogens with two attached hydrogens (primary N) is 1. The van der Waals surface area contributed by atoms with Crippen LogP contribution in [0.15, 0.2) is 29.0 Å². The number of halogens is 3. The zero-order chi connectivity index (χ0) is 13.1. The summed E-state index contributed by atoms with van der Waals surface area (Å²) >= 11 is 3.13. The van der Waals surface area contributed by atoms with Crippen molar-refractivity contribution in [2.24, 2.45) is 5.84 Å². The first kappa shape index (κ1) is 12.7. The lowest BCUT2D eigenvalue weighted by molar-refractivity contribution is 0.419. The molecule has 18 heavy (non-hydrogen) atoms. The maximum absolute atomic E-state index is 13.4. The molecule has 0 aliphatic rings. The van der Waals surface area contributed by atoms with E-state index in [1.807, 2.05) is 0 Å². The van der Waals surface area contributed by atoms with Crippen LogP contribution >= 0.6 is 15.9 Å². The lowest BCUT2D eigenvalue weighted by Gasteiger charge is -2.09. The van der Waals surface area contributed by atoms with Crippen molar-refractivity contribution in [1.29, 1.82) is 0 Å². The van der Waals surface area contributed by atoms with Crippen molar-refractivity contribution >= 4 is 21.7 Å². The minimum Gasteiger partial charge on any atom is -0.434 e. The van der Waals surface area contributed by atoms with E-state index in [2.05, 4.69) is 31.3 Å². The largest absolute Gasteiger partial charge is 0.434 e. The molecular formula is C10H7BrF2N4O. The minimum atomic E-state index is -0.704. The molecule has 8 heteroatoms. The fourth-order valence-electron chi connectivity index (χ4n) is 1.19. The zero-order valence-electron chi connectivity index (χ0n) is 8.82. The van der Waals surface area contributed by atoms with Gasteiger partial charge in [-0.1, -0.05) is 0 Å². The molecule has 0 amide bonds. The summed E-state index contributed by atoms with van der Waals surface area (Å²) in [5.41, 5.74) is 2.30. The SMILES string of the molecule is NNc1ncnc(Oc2cc(F)ccc2F)c1Br. The lowest BCUT2D eigenvalue weighted by Crippen LogP contribution is -2.10. The number of hydrogen-bond acceptors (Lipinski definition) is 5. The van der Waals surface area contributed by atoms with Crippen LogP contribution in [0.5, 0.6) is 11.6 Å². The topological polar surface area (TPSA) is 73.1 Å². The molecule has 3 N–H and O–H groups in total. The van der Waals surface area contributed by atoms with Gasteiger partial charge in [0.1, 0.15) is 16.6 Å². The van der Waals surface area contributed by atoms with Crippen LogP contribution in [-0.2, 0) is 0 Å². The van der Waals surface area contributed by atoms with Gasteiger partial charge >= 0.3 is 0 Å². The molecule has 0 bridgehead atoms. The number of ether oxygens (including phenoxy) is 1. The highest BCUT2D eigenvalue weighted by molar-refractivity contribution is 9.10. The molecular weight excluding hydrogens is 310 g/mol. The van der Waals surface area contributed by atoms with Gasteiger partial charge in [0, 0.05) is 6.07 Å². The third kappa shape index (κ3) is 2.54. The first-order chi connectivity index (χ1) is 8.61. The highest BCUT2D eigenvalue weighted by Gasteiger charge is 2.13. The van der Waals surface area contributed by atoms with E-state index in [9.17, 15) is 8.78 Å². The molecule has 2 aromatic rings. The average Bonchev–Trinajstić information content (AvgIpc) is 2.36. The van der Waals surface area contributed by atoms with Crippen LogP contribution in [0.25, 0.3) is 0 Å². The van der Waals surface area contributed by atoms with E-state index in [4.69, 9.17) is 10.6 Å². The Bertz CT molecular complexity index is 582. The molecule has 0 aliphatic heterocycles. The summed E-state index contributed by atoms with van der Waals surface area (Å²) in [6.45, 7) is 0. The van der Waals surface area contributed by atoms with Gasteiger partial charge < -0.3 is 10.2 Å². The van der Waals surface area contributed by atoms with E-state index >= 15 is 0 Å². The highest BCUT2D eigenvalue weighted by Crippen LogP contribution is 2.32. The van der Waals surface area contributed by atoms with E-state index in [0.29, 0.717) is 4.47 Å². The van der Waals surface area contributed by atoms with Gasteiger partial charge in [-0.25, -0.2) is 24.6 Å². The monoisotopic (exact) mass is 316 g/mol. The number of hydrogen-bond donors (Lipinski definition) is 2. The molecule has 0 unspecified atom stereocenters. The molecule has 5 nitrogen and oxygen atoms in total. The van der Waals surface area contributed by atoms with Crippen LogP contribution in [0, 0.1) is 11.6 Å². The van der Waals surface area contributed by atoms with E-state index in [-0.39, 0.29) is 17.4 Å². The van der Waals surface area contributed by atoms with Crippen molar-refractivity contribution in [3.8, 4) is 11.6 Å². The number of anilines is 1. The number of nitrogens with one attached hydrogen (secondary N) is 1. The first-order valence-electron chi connectivity index (χ1n) is 4.72. The van der Waals surface area contributed by atoms with Crippen LogP contribution in [0.4, 0.5) is 14.6 Å². The second-order valence-corrected chi connectivity index (χ2v) is 3.96. The van der Waals surface area contributed by atoms with Crippen molar-refractivity contribution in [3.05, 3.63) is 40.6 Å². The molecule has 0 saturated carbocycles. The normalized spacial score (nSPS) is 10.2. The number of nitrogen functional groups attached to an aromatic ring is 1. The molecule has 0 fully saturated rings. The molecule has 0 saturated heterocycles. The molecule has 1 aromatic carbocycles. The summed E-state index contributed by atoms with van der Waals surface area (Å²) in [5.74, 6) is 3.88.